The number of nitrogens with zero attached hydrogens (tertiary/aromatic N) is 2. The Labute approximate surface area is 181 Å². The Kier molecular flexibility index (Phi) is 7.13. The second-order valence-corrected chi connectivity index (χ2v) is 8.27. The summed E-state index contributed by atoms with van der Waals surface area (Å²) < 4.78 is 11.4. The van der Waals surface area contributed by atoms with Gasteiger partial charge in [-0.25, -0.2) is 0 Å². The average Bonchev–Trinajstić information content (AvgIpc) is 2.81. The molecule has 0 aromatic heterocycles. The second kappa shape index (κ2) is 10.2. The Balaban J connectivity index is 1.28. The maximum Gasteiger partial charge on any atom is 0.119 e. The number of anilines is 2. The fraction of sp³-hybridized carbons (Fsp3) is 0.520. The molecular formula is C25H35N3O2. The van der Waals surface area contributed by atoms with Gasteiger partial charge in [-0.05, 0) is 66.8 Å². The lowest BCUT2D eigenvalue weighted by Crippen LogP contribution is -2.46. The van der Waals surface area contributed by atoms with Gasteiger partial charge in [0, 0.05) is 50.6 Å². The van der Waals surface area contributed by atoms with Crippen LogP contribution in [-0.4, -0.2) is 57.9 Å². The Bertz CT molecular complexity index is 801. The van der Waals surface area contributed by atoms with Crippen molar-refractivity contribution in [3.05, 3.63) is 53.6 Å². The lowest BCUT2D eigenvalue weighted by atomic mass is 9.95. The van der Waals surface area contributed by atoms with Crippen molar-refractivity contribution in [2.75, 3.05) is 63.2 Å². The summed E-state index contributed by atoms with van der Waals surface area (Å²) in [4.78, 5) is 5.04. The molecule has 1 saturated heterocycles. The first-order chi connectivity index (χ1) is 14.8. The predicted molar refractivity (Wildman–Crippen MR) is 124 cm³/mol. The molecule has 1 fully saturated rings. The minimum absolute atomic E-state index is 0.230. The van der Waals surface area contributed by atoms with Crippen molar-refractivity contribution in [2.45, 2.75) is 32.3 Å². The van der Waals surface area contributed by atoms with E-state index >= 15 is 0 Å². The molecule has 2 aliphatic rings. The van der Waals surface area contributed by atoms with Crippen LogP contribution in [0.25, 0.3) is 0 Å². The number of methoxy groups -OCH3 is 1. The third kappa shape index (κ3) is 5.08. The summed E-state index contributed by atoms with van der Waals surface area (Å²) >= 11 is 0. The van der Waals surface area contributed by atoms with E-state index in [9.17, 15) is 0 Å². The van der Waals surface area contributed by atoms with Crippen molar-refractivity contribution >= 4 is 11.4 Å². The van der Waals surface area contributed by atoms with Crippen molar-refractivity contribution in [2.24, 2.45) is 0 Å². The summed E-state index contributed by atoms with van der Waals surface area (Å²) in [6.07, 6.45) is 3.47. The van der Waals surface area contributed by atoms with E-state index in [0.717, 1.165) is 70.9 Å². The van der Waals surface area contributed by atoms with Crippen LogP contribution in [0, 0.1) is 0 Å². The molecule has 0 amide bonds. The summed E-state index contributed by atoms with van der Waals surface area (Å²) in [7, 11) is 1.71. The second-order valence-electron chi connectivity index (χ2n) is 8.27. The van der Waals surface area contributed by atoms with Gasteiger partial charge in [0.05, 0.1) is 19.8 Å². The van der Waals surface area contributed by atoms with E-state index in [1.807, 2.05) is 12.1 Å². The van der Waals surface area contributed by atoms with Crippen molar-refractivity contribution in [3.8, 4) is 5.75 Å². The molecule has 4 rings (SSSR count). The number of ether oxygens (including phenoxy) is 2. The van der Waals surface area contributed by atoms with Gasteiger partial charge in [-0.15, -0.1) is 0 Å². The van der Waals surface area contributed by atoms with Crippen LogP contribution in [-0.2, 0) is 11.2 Å². The fourth-order valence-electron chi connectivity index (χ4n) is 4.48. The number of nitrogens with one attached hydrogen (secondary N) is 1. The topological polar surface area (TPSA) is 37.0 Å². The molecule has 0 saturated carbocycles. The molecule has 2 aliphatic heterocycles. The van der Waals surface area contributed by atoms with Crippen LogP contribution < -0.4 is 15.0 Å². The van der Waals surface area contributed by atoms with E-state index in [-0.39, 0.29) is 6.10 Å². The molecule has 0 aliphatic carbocycles. The predicted octanol–water partition coefficient (Wildman–Crippen LogP) is 4.34. The van der Waals surface area contributed by atoms with Crippen LogP contribution in [0.3, 0.4) is 0 Å². The van der Waals surface area contributed by atoms with Crippen LogP contribution in [0.15, 0.2) is 42.5 Å². The molecule has 162 valence electrons. The molecular weight excluding hydrogens is 374 g/mol. The molecule has 30 heavy (non-hydrogen) atoms. The zero-order valence-corrected chi connectivity index (χ0v) is 18.4. The highest BCUT2D eigenvalue weighted by atomic mass is 16.5. The zero-order chi connectivity index (χ0) is 20.8. The molecule has 0 spiro atoms. The third-order valence-electron chi connectivity index (χ3n) is 6.28. The van der Waals surface area contributed by atoms with Crippen molar-refractivity contribution in [3.63, 3.8) is 0 Å². The molecule has 0 radical (unpaired) electrons. The van der Waals surface area contributed by atoms with Crippen LogP contribution in [0.4, 0.5) is 11.4 Å². The standard InChI is InChI=1S/C25H35N3O2/c1-3-12-26-21-4-9-24-20(19-21)11-18-30-25(24)10-13-27-14-16-28(17-15-27)22-5-7-23(29-2)8-6-22/h4-9,19,25-26H,3,10-18H2,1-2H3. The minimum atomic E-state index is 0.230. The van der Waals surface area contributed by atoms with E-state index in [1.54, 1.807) is 7.11 Å². The zero-order valence-electron chi connectivity index (χ0n) is 18.4. The Hall–Kier alpha value is -2.24. The van der Waals surface area contributed by atoms with Crippen LogP contribution in [0.1, 0.15) is 37.0 Å². The highest BCUT2D eigenvalue weighted by Crippen LogP contribution is 2.32. The van der Waals surface area contributed by atoms with Gasteiger partial charge in [-0.2, -0.15) is 0 Å². The lowest BCUT2D eigenvalue weighted by molar-refractivity contribution is 0.0289. The molecule has 5 heteroatoms. The first-order valence-corrected chi connectivity index (χ1v) is 11.4. The van der Waals surface area contributed by atoms with E-state index in [1.165, 1.54) is 22.5 Å². The quantitative estimate of drug-likeness (QED) is 0.702. The maximum absolute atomic E-state index is 6.16. The summed E-state index contributed by atoms with van der Waals surface area (Å²) in [6.45, 7) is 9.50. The van der Waals surface area contributed by atoms with Crippen LogP contribution >= 0.6 is 0 Å². The van der Waals surface area contributed by atoms with Crippen LogP contribution in [0.5, 0.6) is 5.75 Å². The number of piperazine rings is 1. The summed E-state index contributed by atoms with van der Waals surface area (Å²) in [5.41, 5.74) is 5.37. The Morgan fingerprint density at radius 2 is 1.87 bits per heavy atom. The Morgan fingerprint density at radius 3 is 2.60 bits per heavy atom. The molecule has 2 heterocycles. The number of fused-ring (bicyclic) bond motifs is 1. The number of hydrogen-bond acceptors (Lipinski definition) is 5. The monoisotopic (exact) mass is 409 g/mol. The maximum atomic E-state index is 6.16. The average molecular weight is 410 g/mol. The summed E-state index contributed by atoms with van der Waals surface area (Å²) in [5, 5.41) is 3.51. The van der Waals surface area contributed by atoms with Gasteiger partial charge in [0.1, 0.15) is 5.75 Å². The molecule has 5 nitrogen and oxygen atoms in total. The molecule has 1 N–H and O–H groups in total. The van der Waals surface area contributed by atoms with Gasteiger partial charge in [0.15, 0.2) is 0 Å². The summed E-state index contributed by atoms with van der Waals surface area (Å²) in [5.74, 6) is 0.915. The first-order valence-electron chi connectivity index (χ1n) is 11.4. The van der Waals surface area contributed by atoms with Gasteiger partial charge >= 0.3 is 0 Å². The van der Waals surface area contributed by atoms with E-state index in [0.29, 0.717) is 0 Å². The smallest absolute Gasteiger partial charge is 0.119 e. The van der Waals surface area contributed by atoms with E-state index in [4.69, 9.17) is 9.47 Å². The van der Waals surface area contributed by atoms with Gasteiger partial charge < -0.3 is 19.7 Å². The van der Waals surface area contributed by atoms with Gasteiger partial charge in [-0.3, -0.25) is 4.90 Å². The normalized spacial score (nSPS) is 19.4. The SMILES string of the molecule is CCCNc1ccc2c(c1)CCOC2CCN1CCN(c2ccc(OC)cc2)CC1. The van der Waals surface area contributed by atoms with E-state index < -0.39 is 0 Å². The number of rotatable bonds is 8. The van der Waals surface area contributed by atoms with Crippen molar-refractivity contribution in [1.29, 1.82) is 0 Å². The van der Waals surface area contributed by atoms with Gasteiger partial charge in [-0.1, -0.05) is 13.0 Å². The molecule has 1 atom stereocenters. The highest BCUT2D eigenvalue weighted by molar-refractivity contribution is 5.50. The molecule has 1 unspecified atom stereocenters. The summed E-state index contributed by atoms with van der Waals surface area (Å²) in [6, 6.07) is 15.2. The highest BCUT2D eigenvalue weighted by Gasteiger charge is 2.23. The molecule has 2 aromatic rings. The third-order valence-corrected chi connectivity index (χ3v) is 6.28. The molecule has 0 bridgehead atoms. The van der Waals surface area contributed by atoms with Crippen molar-refractivity contribution < 1.29 is 9.47 Å². The number of benzene rings is 2. The van der Waals surface area contributed by atoms with E-state index in [2.05, 4.69) is 52.4 Å². The van der Waals surface area contributed by atoms with Gasteiger partial charge in [0.25, 0.3) is 0 Å². The Morgan fingerprint density at radius 1 is 1.07 bits per heavy atom. The first kappa shape index (κ1) is 21.0. The lowest BCUT2D eigenvalue weighted by Gasteiger charge is -2.37. The fourth-order valence-corrected chi connectivity index (χ4v) is 4.48. The van der Waals surface area contributed by atoms with Crippen molar-refractivity contribution in [1.82, 2.24) is 4.90 Å². The van der Waals surface area contributed by atoms with Gasteiger partial charge in [0.2, 0.25) is 0 Å². The van der Waals surface area contributed by atoms with Crippen LogP contribution in [0.2, 0.25) is 0 Å². The molecule has 2 aromatic carbocycles. The number of hydrogen-bond donors (Lipinski definition) is 1. The largest absolute Gasteiger partial charge is 0.497 e. The minimum Gasteiger partial charge on any atom is -0.497 e.